The highest BCUT2D eigenvalue weighted by Crippen LogP contribution is 2.22. The number of aryl methyl sites for hydroxylation is 1. The van der Waals surface area contributed by atoms with E-state index in [2.05, 4.69) is 5.16 Å². The van der Waals surface area contributed by atoms with E-state index in [4.69, 9.17) is 4.52 Å². The van der Waals surface area contributed by atoms with Crippen LogP contribution in [0.25, 0.3) is 0 Å². The van der Waals surface area contributed by atoms with Crippen molar-refractivity contribution in [1.29, 1.82) is 0 Å². The second-order valence-corrected chi connectivity index (χ2v) is 6.51. The van der Waals surface area contributed by atoms with Crippen LogP contribution < -0.4 is 0 Å². The molecule has 2 heterocycles. The number of thiophene rings is 1. The molecule has 124 valence electrons. The van der Waals surface area contributed by atoms with Gasteiger partial charge in [-0.05, 0) is 23.9 Å². The lowest BCUT2D eigenvalue weighted by molar-refractivity contribution is 0.0570. The molecule has 0 aliphatic rings. The van der Waals surface area contributed by atoms with Gasteiger partial charge in [-0.2, -0.15) is 0 Å². The first-order chi connectivity index (χ1) is 11.6. The minimum absolute atomic E-state index is 0.182. The Hall–Kier alpha value is -2.44. The third-order valence-electron chi connectivity index (χ3n) is 3.61. The third-order valence-corrected chi connectivity index (χ3v) is 4.58. The maximum absolute atomic E-state index is 12.8. The lowest BCUT2D eigenvalue weighted by Crippen LogP contribution is -2.34. The number of carbonyl (C=O) groups is 1. The van der Waals surface area contributed by atoms with Gasteiger partial charge in [0.15, 0.2) is 0 Å². The Kier molecular flexibility index (Phi) is 5.08. The van der Waals surface area contributed by atoms with Gasteiger partial charge in [0.25, 0.3) is 5.91 Å². The SMILES string of the molecule is Cc1cc(C(=O)N(Cc2ccccc2)CC(O)c2cccs2)on1. The van der Waals surface area contributed by atoms with E-state index in [1.54, 1.807) is 17.9 Å². The fraction of sp³-hybridized carbons (Fsp3) is 0.222. The van der Waals surface area contributed by atoms with Crippen LogP contribution in [0.4, 0.5) is 0 Å². The first-order valence-corrected chi connectivity index (χ1v) is 8.49. The Labute approximate surface area is 144 Å². The molecular formula is C18H18N2O3S. The maximum Gasteiger partial charge on any atom is 0.292 e. The van der Waals surface area contributed by atoms with Crippen molar-refractivity contribution in [1.82, 2.24) is 10.1 Å². The molecule has 1 N–H and O–H groups in total. The van der Waals surface area contributed by atoms with Crippen molar-refractivity contribution in [3.8, 4) is 0 Å². The maximum atomic E-state index is 12.8. The second kappa shape index (κ2) is 7.42. The molecular weight excluding hydrogens is 324 g/mol. The topological polar surface area (TPSA) is 66.6 Å². The standard InChI is InChI=1S/C18H18N2O3S/c1-13-10-16(23-19-13)18(22)20(11-14-6-3-2-4-7-14)12-15(21)17-8-5-9-24-17/h2-10,15,21H,11-12H2,1H3. The summed E-state index contributed by atoms with van der Waals surface area (Å²) in [6, 6.07) is 15.0. The molecule has 3 aromatic rings. The zero-order valence-electron chi connectivity index (χ0n) is 13.3. The Morgan fingerprint density at radius 2 is 2.08 bits per heavy atom. The number of aromatic nitrogens is 1. The summed E-state index contributed by atoms with van der Waals surface area (Å²) in [5.41, 5.74) is 1.64. The van der Waals surface area contributed by atoms with Gasteiger partial charge in [-0.3, -0.25) is 4.79 Å². The van der Waals surface area contributed by atoms with Crippen molar-refractivity contribution in [3.05, 3.63) is 75.8 Å². The highest BCUT2D eigenvalue weighted by molar-refractivity contribution is 7.10. The summed E-state index contributed by atoms with van der Waals surface area (Å²) in [6.07, 6.45) is -0.735. The van der Waals surface area contributed by atoms with E-state index in [1.807, 2.05) is 47.8 Å². The molecule has 1 atom stereocenters. The first kappa shape index (κ1) is 16.4. The third kappa shape index (κ3) is 3.90. The van der Waals surface area contributed by atoms with Crippen molar-refractivity contribution >= 4 is 17.2 Å². The van der Waals surface area contributed by atoms with E-state index in [9.17, 15) is 9.90 Å². The van der Waals surface area contributed by atoms with Crippen LogP contribution in [0.5, 0.6) is 0 Å². The molecule has 24 heavy (non-hydrogen) atoms. The minimum Gasteiger partial charge on any atom is -0.386 e. The summed E-state index contributed by atoms with van der Waals surface area (Å²) < 4.78 is 5.10. The number of amides is 1. The summed E-state index contributed by atoms with van der Waals surface area (Å²) in [5.74, 6) is -0.100. The second-order valence-electron chi connectivity index (χ2n) is 5.54. The Bertz CT molecular complexity index is 784. The number of hydrogen-bond donors (Lipinski definition) is 1. The summed E-state index contributed by atoms with van der Waals surface area (Å²) in [6.45, 7) is 2.35. The summed E-state index contributed by atoms with van der Waals surface area (Å²) >= 11 is 1.47. The molecule has 0 radical (unpaired) electrons. The summed E-state index contributed by atoms with van der Waals surface area (Å²) in [5, 5.41) is 16.1. The molecule has 6 heteroatoms. The predicted molar refractivity (Wildman–Crippen MR) is 91.7 cm³/mol. The van der Waals surface area contributed by atoms with Gasteiger partial charge in [-0.15, -0.1) is 11.3 Å². The molecule has 0 saturated heterocycles. The average molecular weight is 342 g/mol. The normalized spacial score (nSPS) is 12.1. The lowest BCUT2D eigenvalue weighted by Gasteiger charge is -2.24. The van der Waals surface area contributed by atoms with Crippen LogP contribution >= 0.6 is 11.3 Å². The van der Waals surface area contributed by atoms with Crippen LogP contribution in [-0.4, -0.2) is 27.6 Å². The predicted octanol–water partition coefficient (Wildman–Crippen LogP) is 3.42. The number of carbonyl (C=O) groups excluding carboxylic acids is 1. The van der Waals surface area contributed by atoms with Crippen molar-refractivity contribution in [2.45, 2.75) is 19.6 Å². The van der Waals surface area contributed by atoms with Crippen LogP contribution in [0.2, 0.25) is 0 Å². The number of aliphatic hydroxyl groups is 1. The van der Waals surface area contributed by atoms with Crippen molar-refractivity contribution in [2.75, 3.05) is 6.54 Å². The van der Waals surface area contributed by atoms with Crippen LogP contribution in [0, 0.1) is 6.92 Å². The highest BCUT2D eigenvalue weighted by Gasteiger charge is 2.23. The summed E-state index contributed by atoms with van der Waals surface area (Å²) in [4.78, 5) is 15.2. The fourth-order valence-electron chi connectivity index (χ4n) is 2.42. The van der Waals surface area contributed by atoms with E-state index in [0.717, 1.165) is 10.4 Å². The van der Waals surface area contributed by atoms with Gasteiger partial charge in [0.05, 0.1) is 12.2 Å². The molecule has 1 amide bonds. The molecule has 2 aromatic heterocycles. The molecule has 1 aromatic carbocycles. The van der Waals surface area contributed by atoms with Crippen LogP contribution in [0.3, 0.4) is 0 Å². The van der Waals surface area contributed by atoms with Crippen molar-refractivity contribution in [3.63, 3.8) is 0 Å². The number of nitrogens with zero attached hydrogens (tertiary/aromatic N) is 2. The van der Waals surface area contributed by atoms with E-state index in [-0.39, 0.29) is 18.2 Å². The van der Waals surface area contributed by atoms with E-state index in [0.29, 0.717) is 12.2 Å². The first-order valence-electron chi connectivity index (χ1n) is 7.61. The number of benzene rings is 1. The Morgan fingerprint density at radius 3 is 2.71 bits per heavy atom. The number of rotatable bonds is 6. The number of aliphatic hydroxyl groups excluding tert-OH is 1. The molecule has 1 unspecified atom stereocenters. The zero-order chi connectivity index (χ0) is 16.9. The Balaban J connectivity index is 1.81. The molecule has 0 spiro atoms. The van der Waals surface area contributed by atoms with Crippen LogP contribution in [0.15, 0.2) is 58.4 Å². The Morgan fingerprint density at radius 1 is 1.29 bits per heavy atom. The van der Waals surface area contributed by atoms with E-state index < -0.39 is 6.10 Å². The zero-order valence-corrected chi connectivity index (χ0v) is 14.1. The van der Waals surface area contributed by atoms with E-state index in [1.165, 1.54) is 11.3 Å². The molecule has 5 nitrogen and oxygen atoms in total. The monoisotopic (exact) mass is 342 g/mol. The van der Waals surface area contributed by atoms with Crippen molar-refractivity contribution < 1.29 is 14.4 Å². The van der Waals surface area contributed by atoms with Gasteiger partial charge in [0, 0.05) is 17.5 Å². The summed E-state index contributed by atoms with van der Waals surface area (Å²) in [7, 11) is 0. The van der Waals surface area contributed by atoms with Gasteiger partial charge in [0.2, 0.25) is 5.76 Å². The highest BCUT2D eigenvalue weighted by atomic mass is 32.1. The molecule has 0 bridgehead atoms. The van der Waals surface area contributed by atoms with Crippen molar-refractivity contribution in [2.24, 2.45) is 0 Å². The average Bonchev–Trinajstić information content (AvgIpc) is 3.26. The number of hydrogen-bond acceptors (Lipinski definition) is 5. The van der Waals surface area contributed by atoms with Crippen LogP contribution in [0.1, 0.15) is 32.8 Å². The van der Waals surface area contributed by atoms with Gasteiger partial charge in [-0.1, -0.05) is 41.6 Å². The van der Waals surface area contributed by atoms with Gasteiger partial charge in [-0.25, -0.2) is 0 Å². The molecule has 0 fully saturated rings. The molecule has 0 saturated carbocycles. The van der Waals surface area contributed by atoms with Gasteiger partial charge >= 0.3 is 0 Å². The van der Waals surface area contributed by atoms with E-state index >= 15 is 0 Å². The van der Waals surface area contributed by atoms with Crippen LogP contribution in [-0.2, 0) is 6.54 Å². The molecule has 0 aliphatic heterocycles. The lowest BCUT2D eigenvalue weighted by atomic mass is 10.2. The fourth-order valence-corrected chi connectivity index (χ4v) is 3.13. The molecule has 0 aliphatic carbocycles. The minimum atomic E-state index is -0.735. The quantitative estimate of drug-likeness (QED) is 0.745. The van der Waals surface area contributed by atoms with Gasteiger partial charge in [0.1, 0.15) is 6.10 Å². The molecule has 3 rings (SSSR count). The largest absolute Gasteiger partial charge is 0.386 e. The van der Waals surface area contributed by atoms with Gasteiger partial charge < -0.3 is 14.5 Å². The smallest absolute Gasteiger partial charge is 0.292 e.